The number of benzene rings is 4. The predicted octanol–water partition coefficient (Wildman–Crippen LogP) is 3.63. The molecule has 0 aliphatic heterocycles. The molecular weight excluding hydrogens is 755 g/mol. The molecule has 17 nitrogen and oxygen atoms in total. The number of hydrogen-bond acceptors (Lipinski definition) is 14. The predicted molar refractivity (Wildman–Crippen MR) is 197 cm³/mol. The molecule has 7 aromatic rings. The molecule has 3 heterocycles. The largest absolute Gasteiger partial charge is 0.716 e. The van der Waals surface area contributed by atoms with Crippen molar-refractivity contribution in [3.63, 3.8) is 0 Å². The standard InChI is InChI=1S/C36H31N7O10S2/c44-35-29-8-2-4-10-31(29)38-33(24-12-16-27(17-13-24)52-54(46,47)48)41(35)20-6-1-7-21-43-26(22-37-40-43)23-42-34(39-32-11-5-3-9-30(32)36(42)45)25-14-18-28(19-15-25)53-55(49,50)51/h2-5,8-19,22H,1,6-7,20-21,23H2,(H,46,47,48)(H,49,50,51)/p-2. The molecule has 0 unspecified atom stereocenters. The molecule has 0 fully saturated rings. The van der Waals surface area contributed by atoms with Gasteiger partial charge in [0.05, 0.1) is 40.2 Å². The lowest BCUT2D eigenvalue weighted by Crippen LogP contribution is -2.25. The molecular formula is C36H29N7O10S2-2. The van der Waals surface area contributed by atoms with Crippen LogP contribution in [0.2, 0.25) is 0 Å². The summed E-state index contributed by atoms with van der Waals surface area (Å²) in [5, 5.41) is 9.14. The minimum Gasteiger partial charge on any atom is -0.716 e. The highest BCUT2D eigenvalue weighted by atomic mass is 32.3. The van der Waals surface area contributed by atoms with E-state index in [4.69, 9.17) is 9.97 Å². The molecule has 55 heavy (non-hydrogen) atoms. The fraction of sp³-hybridized carbons (Fsp3) is 0.167. The maximum atomic E-state index is 13.8. The van der Waals surface area contributed by atoms with Crippen molar-refractivity contribution in [1.82, 2.24) is 34.1 Å². The van der Waals surface area contributed by atoms with Gasteiger partial charge in [-0.2, -0.15) is 0 Å². The number of para-hydroxylation sites is 2. The lowest BCUT2D eigenvalue weighted by Gasteiger charge is -2.16. The molecule has 7 rings (SSSR count). The van der Waals surface area contributed by atoms with Crippen LogP contribution in [0.15, 0.2) is 113 Å². The van der Waals surface area contributed by atoms with E-state index in [1.807, 2.05) is 0 Å². The van der Waals surface area contributed by atoms with Crippen molar-refractivity contribution < 1.29 is 34.3 Å². The smallest absolute Gasteiger partial charge is 0.262 e. The summed E-state index contributed by atoms with van der Waals surface area (Å²) in [7, 11) is -9.93. The third-order valence-electron chi connectivity index (χ3n) is 8.61. The normalized spacial score (nSPS) is 12.0. The van der Waals surface area contributed by atoms with Crippen LogP contribution in [0.3, 0.4) is 0 Å². The van der Waals surface area contributed by atoms with Gasteiger partial charge in [0.15, 0.2) is 0 Å². The summed E-state index contributed by atoms with van der Waals surface area (Å²) in [5.74, 6) is 0.297. The molecule has 0 bridgehead atoms. The summed E-state index contributed by atoms with van der Waals surface area (Å²) in [6.45, 7) is 0.811. The topological polar surface area (TPSA) is 233 Å². The Morgan fingerprint density at radius 2 is 1.05 bits per heavy atom. The van der Waals surface area contributed by atoms with Gasteiger partial charge >= 0.3 is 0 Å². The van der Waals surface area contributed by atoms with Gasteiger partial charge in [0, 0.05) is 24.2 Å². The van der Waals surface area contributed by atoms with E-state index in [1.54, 1.807) is 64.0 Å². The highest BCUT2D eigenvalue weighted by Gasteiger charge is 2.17. The summed E-state index contributed by atoms with van der Waals surface area (Å²) >= 11 is 0. The van der Waals surface area contributed by atoms with Gasteiger partial charge in [-0.05, 0) is 92.1 Å². The SMILES string of the molecule is O=c1c2ccccc2nc(-c2ccc(OS(=O)(=O)[O-])cc2)n1CCCCCn1nncc1Cn1c(-c2ccc(OS(=O)(=O)[O-])cc2)nc2ccccc2c1=O. The van der Waals surface area contributed by atoms with E-state index >= 15 is 0 Å². The number of rotatable bonds is 14. The van der Waals surface area contributed by atoms with E-state index in [0.717, 1.165) is 0 Å². The molecule has 0 aliphatic carbocycles. The minimum absolute atomic E-state index is 0.0539. The molecule has 0 spiro atoms. The van der Waals surface area contributed by atoms with Crippen LogP contribution in [0, 0.1) is 0 Å². The molecule has 0 amide bonds. The van der Waals surface area contributed by atoms with E-state index < -0.39 is 20.8 Å². The van der Waals surface area contributed by atoms with E-state index in [-0.39, 0.29) is 35.0 Å². The molecule has 0 aliphatic rings. The fourth-order valence-corrected chi connectivity index (χ4v) is 6.84. The van der Waals surface area contributed by atoms with Gasteiger partial charge in [0.2, 0.25) is 0 Å². The minimum atomic E-state index is -4.98. The number of aromatic nitrogens is 7. The second-order valence-electron chi connectivity index (χ2n) is 12.3. The fourth-order valence-electron chi connectivity index (χ4n) is 6.15. The summed E-state index contributed by atoms with van der Waals surface area (Å²) in [6, 6.07) is 25.1. The average Bonchev–Trinajstić information content (AvgIpc) is 3.59. The van der Waals surface area contributed by atoms with Crippen LogP contribution >= 0.6 is 0 Å². The number of fused-ring (bicyclic) bond motifs is 2. The van der Waals surface area contributed by atoms with E-state index in [9.17, 15) is 35.5 Å². The molecule has 3 aromatic heterocycles. The Kier molecular flexibility index (Phi) is 10.3. The first-order valence-electron chi connectivity index (χ1n) is 16.7. The zero-order valence-corrected chi connectivity index (χ0v) is 30.2. The van der Waals surface area contributed by atoms with E-state index in [2.05, 4.69) is 18.7 Å². The van der Waals surface area contributed by atoms with Crippen molar-refractivity contribution in [2.45, 2.75) is 38.9 Å². The monoisotopic (exact) mass is 783 g/mol. The Balaban J connectivity index is 1.08. The zero-order valence-electron chi connectivity index (χ0n) is 28.6. The second-order valence-corrected chi connectivity index (χ2v) is 14.3. The highest BCUT2D eigenvalue weighted by Crippen LogP contribution is 2.25. The maximum Gasteiger partial charge on any atom is 0.262 e. The second kappa shape index (κ2) is 15.2. The summed E-state index contributed by atoms with van der Waals surface area (Å²) in [4.78, 5) is 36.9. The number of nitrogens with zero attached hydrogens (tertiary/aromatic N) is 7. The summed E-state index contributed by atoms with van der Waals surface area (Å²) in [5.41, 5.74) is 1.98. The van der Waals surface area contributed by atoms with Gasteiger partial charge in [-0.25, -0.2) is 31.5 Å². The first kappa shape index (κ1) is 37.1. The molecule has 0 saturated heterocycles. The quantitative estimate of drug-likeness (QED) is 0.0871. The van der Waals surface area contributed by atoms with Crippen LogP contribution in [0.4, 0.5) is 0 Å². The van der Waals surface area contributed by atoms with Crippen molar-refractivity contribution in [1.29, 1.82) is 0 Å². The summed E-state index contributed by atoms with van der Waals surface area (Å²) < 4.78 is 79.8. The van der Waals surface area contributed by atoms with Crippen LogP contribution in [0.1, 0.15) is 25.0 Å². The van der Waals surface area contributed by atoms with Gasteiger partial charge in [-0.1, -0.05) is 29.5 Å². The van der Waals surface area contributed by atoms with E-state index in [0.29, 0.717) is 76.8 Å². The Morgan fingerprint density at radius 3 is 1.58 bits per heavy atom. The van der Waals surface area contributed by atoms with Crippen LogP contribution in [-0.2, 0) is 40.4 Å². The highest BCUT2D eigenvalue weighted by molar-refractivity contribution is 7.81. The Morgan fingerprint density at radius 1 is 0.582 bits per heavy atom. The van der Waals surface area contributed by atoms with Gasteiger partial charge in [0.25, 0.3) is 31.9 Å². The van der Waals surface area contributed by atoms with Crippen LogP contribution in [0.25, 0.3) is 44.6 Å². The van der Waals surface area contributed by atoms with Crippen LogP contribution in [-0.4, -0.2) is 60.0 Å². The Bertz CT molecular complexity index is 2880. The van der Waals surface area contributed by atoms with Crippen molar-refractivity contribution in [3.8, 4) is 34.3 Å². The van der Waals surface area contributed by atoms with Crippen molar-refractivity contribution in [3.05, 3.63) is 130 Å². The number of aryl methyl sites for hydroxylation is 1. The molecule has 282 valence electrons. The number of hydrogen-bond donors (Lipinski definition) is 0. The van der Waals surface area contributed by atoms with Crippen molar-refractivity contribution in [2.75, 3.05) is 0 Å². The van der Waals surface area contributed by atoms with Crippen LogP contribution in [0.5, 0.6) is 11.5 Å². The third kappa shape index (κ3) is 8.60. The average molecular weight is 784 g/mol. The van der Waals surface area contributed by atoms with Gasteiger partial charge in [-0.15, -0.1) is 5.10 Å². The first-order chi connectivity index (χ1) is 26.3. The molecule has 0 radical (unpaired) electrons. The number of unbranched alkanes of at least 4 members (excludes halogenated alkanes) is 2. The zero-order chi connectivity index (χ0) is 38.7. The van der Waals surface area contributed by atoms with Gasteiger partial charge in [0.1, 0.15) is 23.1 Å². The molecule has 0 atom stereocenters. The van der Waals surface area contributed by atoms with Gasteiger partial charge < -0.3 is 17.5 Å². The molecule has 19 heteroatoms. The van der Waals surface area contributed by atoms with Gasteiger partial charge in [-0.3, -0.25) is 18.7 Å². The Hall–Kier alpha value is -6.28. The van der Waals surface area contributed by atoms with E-state index in [1.165, 1.54) is 53.1 Å². The first-order valence-corrected chi connectivity index (χ1v) is 19.4. The lowest BCUT2D eigenvalue weighted by atomic mass is 10.1. The lowest BCUT2D eigenvalue weighted by molar-refractivity contribution is 0.370. The Labute approximate surface area is 313 Å². The summed E-state index contributed by atoms with van der Waals surface area (Å²) in [6.07, 6.45) is 3.44. The van der Waals surface area contributed by atoms with Crippen LogP contribution < -0.4 is 19.5 Å². The van der Waals surface area contributed by atoms with Crippen molar-refractivity contribution in [2.24, 2.45) is 0 Å². The third-order valence-corrected chi connectivity index (χ3v) is 9.41. The maximum absolute atomic E-state index is 13.8. The van der Waals surface area contributed by atoms with Crippen molar-refractivity contribution >= 4 is 42.6 Å². The molecule has 4 aromatic carbocycles. The molecule has 0 saturated carbocycles. The molecule has 0 N–H and O–H groups in total.